The standard InChI is InChI=1S/C20H36N6.HI/c1-21-20(23-13-8-5-4-6-10-14-24(2)3)26-17-15-25(16-18-26)19-11-7-9-12-22-19;/h7,9,11-12H,4-6,8,10,13-18H2,1-3H3,(H,21,23);1H. The Morgan fingerprint density at radius 3 is 2.41 bits per heavy atom. The molecule has 0 atom stereocenters. The minimum atomic E-state index is 0. The van der Waals surface area contributed by atoms with Crippen LogP contribution in [0.4, 0.5) is 5.82 Å². The van der Waals surface area contributed by atoms with Crippen molar-refractivity contribution in [3.63, 3.8) is 0 Å². The monoisotopic (exact) mass is 488 g/mol. The highest BCUT2D eigenvalue weighted by atomic mass is 127. The summed E-state index contributed by atoms with van der Waals surface area (Å²) in [6.45, 7) is 6.17. The van der Waals surface area contributed by atoms with Crippen LogP contribution in [0, 0.1) is 0 Å². The summed E-state index contributed by atoms with van der Waals surface area (Å²) in [4.78, 5) is 15.9. The fourth-order valence-electron chi connectivity index (χ4n) is 3.30. The summed E-state index contributed by atoms with van der Waals surface area (Å²) in [6, 6.07) is 6.10. The Morgan fingerprint density at radius 1 is 1.07 bits per heavy atom. The molecule has 2 heterocycles. The summed E-state index contributed by atoms with van der Waals surface area (Å²) >= 11 is 0. The maximum Gasteiger partial charge on any atom is 0.193 e. The highest BCUT2D eigenvalue weighted by Gasteiger charge is 2.19. The van der Waals surface area contributed by atoms with Crippen molar-refractivity contribution in [3.8, 4) is 0 Å². The lowest BCUT2D eigenvalue weighted by molar-refractivity contribution is 0.370. The normalized spacial score (nSPS) is 15.0. The number of guanidine groups is 1. The number of unbranched alkanes of at least 4 members (excludes halogenated alkanes) is 4. The zero-order valence-electron chi connectivity index (χ0n) is 17.2. The van der Waals surface area contributed by atoms with E-state index in [0.717, 1.165) is 44.5 Å². The third-order valence-corrected chi connectivity index (χ3v) is 4.83. The maximum absolute atomic E-state index is 4.47. The number of aromatic nitrogens is 1. The summed E-state index contributed by atoms with van der Waals surface area (Å²) in [5, 5.41) is 3.54. The molecule has 7 heteroatoms. The van der Waals surface area contributed by atoms with Gasteiger partial charge in [0.2, 0.25) is 0 Å². The molecule has 1 aromatic rings. The Hall–Kier alpha value is -1.09. The van der Waals surface area contributed by atoms with E-state index < -0.39 is 0 Å². The number of halogens is 1. The van der Waals surface area contributed by atoms with Gasteiger partial charge in [-0.1, -0.05) is 25.3 Å². The number of aliphatic imine (C=N–C) groups is 1. The molecule has 1 fully saturated rings. The summed E-state index contributed by atoms with van der Waals surface area (Å²) in [7, 11) is 6.17. The fourth-order valence-corrected chi connectivity index (χ4v) is 3.30. The predicted molar refractivity (Wildman–Crippen MR) is 126 cm³/mol. The number of anilines is 1. The van der Waals surface area contributed by atoms with E-state index in [-0.39, 0.29) is 24.0 Å². The average Bonchev–Trinajstić information content (AvgIpc) is 2.67. The van der Waals surface area contributed by atoms with Crippen molar-refractivity contribution in [3.05, 3.63) is 24.4 Å². The number of rotatable bonds is 9. The molecule has 0 saturated carbocycles. The molecule has 154 valence electrons. The zero-order chi connectivity index (χ0) is 18.6. The number of nitrogens with one attached hydrogen (secondary N) is 1. The van der Waals surface area contributed by atoms with Gasteiger partial charge in [-0.3, -0.25) is 4.99 Å². The summed E-state index contributed by atoms with van der Waals surface area (Å²) in [6.07, 6.45) is 8.35. The number of nitrogens with zero attached hydrogens (tertiary/aromatic N) is 5. The average molecular weight is 488 g/mol. The van der Waals surface area contributed by atoms with Gasteiger partial charge in [-0.05, 0) is 45.6 Å². The predicted octanol–water partition coefficient (Wildman–Crippen LogP) is 2.91. The number of hydrogen-bond acceptors (Lipinski definition) is 4. The minimum Gasteiger partial charge on any atom is -0.356 e. The summed E-state index contributed by atoms with van der Waals surface area (Å²) < 4.78 is 0. The van der Waals surface area contributed by atoms with Crippen LogP contribution in [0.1, 0.15) is 32.1 Å². The molecule has 0 amide bonds. The molecule has 0 aliphatic carbocycles. The number of piperazine rings is 1. The van der Waals surface area contributed by atoms with Crippen molar-refractivity contribution in [2.75, 3.05) is 65.3 Å². The van der Waals surface area contributed by atoms with Crippen molar-refractivity contribution in [1.29, 1.82) is 0 Å². The molecule has 1 N–H and O–H groups in total. The Kier molecular flexibility index (Phi) is 12.4. The first kappa shape index (κ1) is 23.9. The molecule has 1 saturated heterocycles. The minimum absolute atomic E-state index is 0. The molecule has 0 radical (unpaired) electrons. The van der Waals surface area contributed by atoms with Crippen LogP contribution in [0.5, 0.6) is 0 Å². The van der Waals surface area contributed by atoms with Gasteiger partial charge >= 0.3 is 0 Å². The van der Waals surface area contributed by atoms with Gasteiger partial charge in [0.25, 0.3) is 0 Å². The molecule has 0 unspecified atom stereocenters. The lowest BCUT2D eigenvalue weighted by Gasteiger charge is -2.37. The molecule has 1 aliphatic heterocycles. The van der Waals surface area contributed by atoms with Crippen LogP contribution in [0.15, 0.2) is 29.4 Å². The number of hydrogen-bond donors (Lipinski definition) is 1. The SMILES string of the molecule is CN=C(NCCCCCCCN(C)C)N1CCN(c2ccccn2)CC1.I. The fraction of sp³-hybridized carbons (Fsp3) is 0.700. The molecule has 1 aromatic heterocycles. The van der Waals surface area contributed by atoms with E-state index in [2.05, 4.69) is 56.2 Å². The second-order valence-electron chi connectivity index (χ2n) is 7.21. The van der Waals surface area contributed by atoms with Crippen LogP contribution in [-0.4, -0.2) is 81.2 Å². The van der Waals surface area contributed by atoms with E-state index >= 15 is 0 Å². The van der Waals surface area contributed by atoms with Crippen LogP contribution < -0.4 is 10.2 Å². The molecule has 1 aliphatic rings. The quantitative estimate of drug-likeness (QED) is 0.251. The van der Waals surface area contributed by atoms with E-state index in [1.807, 2.05) is 19.3 Å². The molecule has 0 bridgehead atoms. The van der Waals surface area contributed by atoms with E-state index in [1.54, 1.807) is 0 Å². The Balaban J connectivity index is 0.00000364. The van der Waals surface area contributed by atoms with Gasteiger partial charge in [0.05, 0.1) is 0 Å². The van der Waals surface area contributed by atoms with Crippen LogP contribution in [0.2, 0.25) is 0 Å². The second kappa shape index (κ2) is 14.0. The first-order chi connectivity index (χ1) is 12.7. The summed E-state index contributed by atoms with van der Waals surface area (Å²) in [5.74, 6) is 2.11. The molecular formula is C20H37IN6. The lowest BCUT2D eigenvalue weighted by Crippen LogP contribution is -2.52. The van der Waals surface area contributed by atoms with Crippen molar-refractivity contribution >= 4 is 35.8 Å². The molecule has 27 heavy (non-hydrogen) atoms. The highest BCUT2D eigenvalue weighted by Crippen LogP contribution is 2.12. The van der Waals surface area contributed by atoms with Crippen molar-refractivity contribution in [2.24, 2.45) is 4.99 Å². The Morgan fingerprint density at radius 2 is 1.78 bits per heavy atom. The van der Waals surface area contributed by atoms with Crippen molar-refractivity contribution < 1.29 is 0 Å². The van der Waals surface area contributed by atoms with Gasteiger partial charge in [-0.25, -0.2) is 4.98 Å². The zero-order valence-corrected chi connectivity index (χ0v) is 19.6. The molecule has 0 aromatic carbocycles. The Bertz CT molecular complexity index is 514. The maximum atomic E-state index is 4.47. The van der Waals surface area contributed by atoms with Gasteiger partial charge < -0.3 is 20.0 Å². The smallest absolute Gasteiger partial charge is 0.193 e. The van der Waals surface area contributed by atoms with E-state index in [0.29, 0.717) is 0 Å². The molecule has 6 nitrogen and oxygen atoms in total. The second-order valence-corrected chi connectivity index (χ2v) is 7.21. The van der Waals surface area contributed by atoms with Crippen molar-refractivity contribution in [1.82, 2.24) is 20.1 Å². The third-order valence-electron chi connectivity index (χ3n) is 4.83. The van der Waals surface area contributed by atoms with Gasteiger partial charge in [-0.2, -0.15) is 0 Å². The lowest BCUT2D eigenvalue weighted by atomic mass is 10.1. The van der Waals surface area contributed by atoms with Crippen molar-refractivity contribution in [2.45, 2.75) is 32.1 Å². The highest BCUT2D eigenvalue weighted by molar-refractivity contribution is 14.0. The van der Waals surface area contributed by atoms with Gasteiger partial charge in [0.1, 0.15) is 5.82 Å². The van der Waals surface area contributed by atoms with Crippen LogP contribution >= 0.6 is 24.0 Å². The van der Waals surface area contributed by atoms with E-state index in [1.165, 1.54) is 38.6 Å². The first-order valence-corrected chi connectivity index (χ1v) is 9.97. The van der Waals surface area contributed by atoms with Gasteiger partial charge in [-0.15, -0.1) is 24.0 Å². The molecule has 0 spiro atoms. The topological polar surface area (TPSA) is 47.0 Å². The number of pyridine rings is 1. The van der Waals surface area contributed by atoms with Crippen LogP contribution in [0.3, 0.4) is 0 Å². The van der Waals surface area contributed by atoms with Crippen LogP contribution in [-0.2, 0) is 0 Å². The summed E-state index contributed by atoms with van der Waals surface area (Å²) in [5.41, 5.74) is 0. The molecular weight excluding hydrogens is 451 g/mol. The molecule has 2 rings (SSSR count). The first-order valence-electron chi connectivity index (χ1n) is 9.97. The van der Waals surface area contributed by atoms with Gasteiger partial charge in [0.15, 0.2) is 5.96 Å². The largest absolute Gasteiger partial charge is 0.356 e. The van der Waals surface area contributed by atoms with E-state index in [4.69, 9.17) is 0 Å². The Labute approximate surface area is 182 Å². The van der Waals surface area contributed by atoms with E-state index in [9.17, 15) is 0 Å². The van der Waals surface area contributed by atoms with Gasteiger partial charge in [0, 0.05) is 46.0 Å². The van der Waals surface area contributed by atoms with Crippen LogP contribution in [0.25, 0.3) is 0 Å². The third kappa shape index (κ3) is 9.10.